The van der Waals surface area contributed by atoms with Crippen molar-refractivity contribution in [2.45, 2.75) is 51.9 Å². The zero-order chi connectivity index (χ0) is 24.6. The average Bonchev–Trinajstić information content (AvgIpc) is 2.86. The van der Waals surface area contributed by atoms with E-state index in [1.165, 1.54) is 50.7 Å². The number of unbranched alkanes of at least 4 members (excludes halogenated alkanes) is 6. The molecule has 0 atom stereocenters. The van der Waals surface area contributed by atoms with Crippen LogP contribution in [0.5, 0.6) is 5.75 Å². The highest BCUT2D eigenvalue weighted by atomic mass is 32.2. The van der Waals surface area contributed by atoms with Crippen LogP contribution in [0.25, 0.3) is 0 Å². The lowest BCUT2D eigenvalue weighted by Crippen LogP contribution is -2.32. The SMILES string of the molecule is CCCCCCCCCOc1ccc(C(=O)Nc2cccc(C(=O)N(CCSC)OC)c2)cc1. The molecule has 2 amide bonds. The summed E-state index contributed by atoms with van der Waals surface area (Å²) in [5.74, 6) is 1.05. The van der Waals surface area contributed by atoms with Gasteiger partial charge in [0, 0.05) is 22.6 Å². The van der Waals surface area contributed by atoms with Gasteiger partial charge in [0.25, 0.3) is 11.8 Å². The van der Waals surface area contributed by atoms with Crippen molar-refractivity contribution in [2.75, 3.05) is 37.6 Å². The van der Waals surface area contributed by atoms with E-state index < -0.39 is 0 Å². The van der Waals surface area contributed by atoms with Gasteiger partial charge >= 0.3 is 0 Å². The normalized spacial score (nSPS) is 10.7. The van der Waals surface area contributed by atoms with Crippen LogP contribution < -0.4 is 10.1 Å². The number of rotatable bonds is 16. The van der Waals surface area contributed by atoms with Crippen LogP contribution in [0.1, 0.15) is 72.6 Å². The number of benzene rings is 2. The second kappa shape index (κ2) is 16.2. The summed E-state index contributed by atoms with van der Waals surface area (Å²) in [5.41, 5.74) is 1.53. The van der Waals surface area contributed by atoms with Gasteiger partial charge in [0.05, 0.1) is 20.3 Å². The summed E-state index contributed by atoms with van der Waals surface area (Å²) in [6.07, 6.45) is 10.7. The maximum absolute atomic E-state index is 12.7. The summed E-state index contributed by atoms with van der Waals surface area (Å²) >= 11 is 1.64. The van der Waals surface area contributed by atoms with Crippen molar-refractivity contribution in [3.05, 3.63) is 59.7 Å². The van der Waals surface area contributed by atoms with Crippen molar-refractivity contribution in [1.29, 1.82) is 0 Å². The van der Waals surface area contributed by atoms with E-state index in [0.29, 0.717) is 30.0 Å². The molecule has 34 heavy (non-hydrogen) atoms. The Bertz CT molecular complexity index is 873. The molecule has 0 aliphatic heterocycles. The fraction of sp³-hybridized carbons (Fsp3) is 0.481. The van der Waals surface area contributed by atoms with Gasteiger partial charge in [0.1, 0.15) is 5.75 Å². The van der Waals surface area contributed by atoms with E-state index in [-0.39, 0.29) is 11.8 Å². The highest BCUT2D eigenvalue weighted by Crippen LogP contribution is 2.17. The second-order valence-corrected chi connectivity index (χ2v) is 9.10. The Balaban J connectivity index is 1.83. The molecule has 0 spiro atoms. The zero-order valence-corrected chi connectivity index (χ0v) is 21.5. The quantitative estimate of drug-likeness (QED) is 0.219. The molecule has 0 fully saturated rings. The number of hydrogen-bond acceptors (Lipinski definition) is 5. The van der Waals surface area contributed by atoms with Gasteiger partial charge in [-0.3, -0.25) is 14.4 Å². The number of anilines is 1. The molecule has 0 heterocycles. The maximum atomic E-state index is 12.7. The molecule has 1 N–H and O–H groups in total. The lowest BCUT2D eigenvalue weighted by Gasteiger charge is -2.19. The summed E-state index contributed by atoms with van der Waals surface area (Å²) in [6.45, 7) is 3.41. The summed E-state index contributed by atoms with van der Waals surface area (Å²) in [5, 5.41) is 4.18. The van der Waals surface area contributed by atoms with Crippen molar-refractivity contribution in [3.63, 3.8) is 0 Å². The summed E-state index contributed by atoms with van der Waals surface area (Å²) < 4.78 is 5.80. The lowest BCUT2D eigenvalue weighted by atomic mass is 10.1. The van der Waals surface area contributed by atoms with Crippen molar-refractivity contribution in [1.82, 2.24) is 5.06 Å². The highest BCUT2D eigenvalue weighted by Gasteiger charge is 2.16. The molecule has 0 aromatic heterocycles. The van der Waals surface area contributed by atoms with Crippen molar-refractivity contribution >= 4 is 29.3 Å². The molecule has 0 saturated heterocycles. The van der Waals surface area contributed by atoms with Crippen LogP contribution >= 0.6 is 11.8 Å². The third-order valence-electron chi connectivity index (χ3n) is 5.45. The molecule has 6 nitrogen and oxygen atoms in total. The van der Waals surface area contributed by atoms with Crippen LogP contribution in [0.2, 0.25) is 0 Å². The number of nitrogens with zero attached hydrogens (tertiary/aromatic N) is 1. The van der Waals surface area contributed by atoms with Crippen molar-refractivity contribution in [2.24, 2.45) is 0 Å². The molecular weight excluding hydrogens is 448 g/mol. The van der Waals surface area contributed by atoms with E-state index in [1.54, 1.807) is 48.2 Å². The number of carbonyl (C=O) groups is 2. The molecule has 2 aromatic carbocycles. The Labute approximate surface area is 208 Å². The topological polar surface area (TPSA) is 67.9 Å². The zero-order valence-electron chi connectivity index (χ0n) is 20.7. The largest absolute Gasteiger partial charge is 0.494 e. The fourth-order valence-corrected chi connectivity index (χ4v) is 3.83. The molecule has 0 saturated carbocycles. The minimum atomic E-state index is -0.241. The Morgan fingerprint density at radius 2 is 1.65 bits per heavy atom. The standard InChI is InChI=1S/C27H38N2O4S/c1-4-5-6-7-8-9-10-19-33-25-16-14-22(15-17-25)26(30)28-24-13-11-12-23(21-24)27(31)29(32-2)18-20-34-3/h11-17,21H,4-10,18-20H2,1-3H3,(H,28,30). The van der Waals surface area contributed by atoms with Crippen LogP contribution in [-0.2, 0) is 4.84 Å². The van der Waals surface area contributed by atoms with Crippen LogP contribution in [0.15, 0.2) is 48.5 Å². The first-order valence-electron chi connectivity index (χ1n) is 12.1. The smallest absolute Gasteiger partial charge is 0.277 e. The molecule has 7 heteroatoms. The highest BCUT2D eigenvalue weighted by molar-refractivity contribution is 7.98. The number of hydrogen-bond donors (Lipinski definition) is 1. The minimum Gasteiger partial charge on any atom is -0.494 e. The van der Waals surface area contributed by atoms with Crippen LogP contribution in [0.3, 0.4) is 0 Å². The molecule has 0 radical (unpaired) electrons. The average molecular weight is 487 g/mol. The third-order valence-corrected chi connectivity index (χ3v) is 6.04. The maximum Gasteiger partial charge on any atom is 0.277 e. The molecule has 0 unspecified atom stereocenters. The summed E-state index contributed by atoms with van der Waals surface area (Å²) in [6, 6.07) is 14.0. The van der Waals surface area contributed by atoms with E-state index in [4.69, 9.17) is 9.57 Å². The lowest BCUT2D eigenvalue weighted by molar-refractivity contribution is -0.0907. The number of ether oxygens (including phenoxy) is 1. The molecule has 0 bridgehead atoms. The molecule has 2 rings (SSSR count). The summed E-state index contributed by atoms with van der Waals surface area (Å²) in [7, 11) is 1.48. The fourth-order valence-electron chi connectivity index (χ4n) is 3.48. The Hall–Kier alpha value is -2.51. The van der Waals surface area contributed by atoms with Crippen LogP contribution in [-0.4, -0.2) is 49.1 Å². The van der Waals surface area contributed by atoms with E-state index in [0.717, 1.165) is 17.9 Å². The number of nitrogens with one attached hydrogen (secondary N) is 1. The first kappa shape index (κ1) is 27.7. The Morgan fingerprint density at radius 3 is 2.32 bits per heavy atom. The van der Waals surface area contributed by atoms with Gasteiger partial charge in [-0.05, 0) is 55.1 Å². The predicted octanol–water partition coefficient (Wildman–Crippen LogP) is 6.43. The number of thioether (sulfide) groups is 1. The van der Waals surface area contributed by atoms with E-state index >= 15 is 0 Å². The molecule has 186 valence electrons. The van der Waals surface area contributed by atoms with Gasteiger partial charge in [-0.25, -0.2) is 5.06 Å². The van der Waals surface area contributed by atoms with Gasteiger partial charge in [0.15, 0.2) is 0 Å². The van der Waals surface area contributed by atoms with Crippen molar-refractivity contribution < 1.29 is 19.2 Å². The molecule has 0 aliphatic rings. The number of hydroxylamine groups is 2. The Kier molecular flexibility index (Phi) is 13.2. The third kappa shape index (κ3) is 9.77. The van der Waals surface area contributed by atoms with Crippen molar-refractivity contribution in [3.8, 4) is 5.75 Å². The van der Waals surface area contributed by atoms with E-state index in [9.17, 15) is 9.59 Å². The number of amides is 2. The van der Waals surface area contributed by atoms with Gasteiger partial charge in [-0.1, -0.05) is 51.5 Å². The van der Waals surface area contributed by atoms with Gasteiger partial charge in [0.2, 0.25) is 0 Å². The van der Waals surface area contributed by atoms with Crippen LogP contribution in [0, 0.1) is 0 Å². The minimum absolute atomic E-state index is 0.241. The van der Waals surface area contributed by atoms with Gasteiger partial charge in [-0.15, -0.1) is 0 Å². The second-order valence-electron chi connectivity index (χ2n) is 8.11. The van der Waals surface area contributed by atoms with Gasteiger partial charge in [-0.2, -0.15) is 11.8 Å². The molecule has 0 aliphatic carbocycles. The van der Waals surface area contributed by atoms with Crippen LogP contribution in [0.4, 0.5) is 5.69 Å². The molecule has 2 aromatic rings. The monoisotopic (exact) mass is 486 g/mol. The summed E-state index contributed by atoms with van der Waals surface area (Å²) in [4.78, 5) is 30.6. The van der Waals surface area contributed by atoms with E-state index in [1.807, 2.05) is 18.4 Å². The van der Waals surface area contributed by atoms with E-state index in [2.05, 4.69) is 12.2 Å². The Morgan fingerprint density at radius 1 is 0.941 bits per heavy atom. The predicted molar refractivity (Wildman–Crippen MR) is 141 cm³/mol. The number of carbonyl (C=O) groups excluding carboxylic acids is 2. The first-order chi connectivity index (χ1) is 16.6. The first-order valence-corrected chi connectivity index (χ1v) is 13.5. The molecular formula is C27H38N2O4S. The van der Waals surface area contributed by atoms with Gasteiger partial charge < -0.3 is 10.1 Å².